The van der Waals surface area contributed by atoms with Crippen LogP contribution in [0.2, 0.25) is 0 Å². The van der Waals surface area contributed by atoms with E-state index in [0.29, 0.717) is 29.1 Å². The van der Waals surface area contributed by atoms with E-state index in [9.17, 15) is 4.39 Å². The maximum atomic E-state index is 13.7. The van der Waals surface area contributed by atoms with Gasteiger partial charge in [-0.15, -0.1) is 0 Å². The third-order valence-corrected chi connectivity index (χ3v) is 3.52. The van der Waals surface area contributed by atoms with Crippen LogP contribution in [0.3, 0.4) is 0 Å². The number of nitrogen functional groups attached to an aromatic ring is 1. The van der Waals surface area contributed by atoms with Crippen molar-refractivity contribution < 1.29 is 8.81 Å². The van der Waals surface area contributed by atoms with Gasteiger partial charge >= 0.3 is 0 Å². The molecule has 0 radical (unpaired) electrons. The number of halogens is 1. The van der Waals surface area contributed by atoms with Gasteiger partial charge in [-0.3, -0.25) is 0 Å². The van der Waals surface area contributed by atoms with E-state index >= 15 is 0 Å². The first-order valence-corrected chi connectivity index (χ1v) is 6.59. The van der Waals surface area contributed by atoms with Gasteiger partial charge in [0.2, 0.25) is 5.89 Å². The molecule has 0 amide bonds. The topological polar surface area (TPSA) is 57.0 Å². The first-order valence-electron chi connectivity index (χ1n) is 6.59. The largest absolute Gasteiger partial charge is 0.439 e. The Morgan fingerprint density at radius 1 is 1.19 bits per heavy atom. The van der Waals surface area contributed by atoms with Gasteiger partial charge in [0, 0.05) is 23.3 Å². The van der Waals surface area contributed by atoms with Crippen LogP contribution in [0.15, 0.2) is 53.1 Å². The predicted molar refractivity (Wildman–Crippen MR) is 79.4 cm³/mol. The molecule has 2 aromatic carbocycles. The Bertz CT molecular complexity index is 955. The van der Waals surface area contributed by atoms with Crippen molar-refractivity contribution in [2.75, 3.05) is 5.73 Å². The van der Waals surface area contributed by atoms with Gasteiger partial charge in [-0.2, -0.15) is 0 Å². The molecule has 2 heterocycles. The Morgan fingerprint density at radius 2 is 2.10 bits per heavy atom. The number of hydrogen-bond acceptors (Lipinski definition) is 3. The average Bonchev–Trinajstić information content (AvgIpc) is 3.04. The summed E-state index contributed by atoms with van der Waals surface area (Å²) in [6.45, 7) is 0.446. The van der Waals surface area contributed by atoms with Gasteiger partial charge in [-0.1, -0.05) is 6.07 Å². The molecule has 21 heavy (non-hydrogen) atoms. The highest BCUT2D eigenvalue weighted by molar-refractivity contribution is 5.81. The Hall–Kier alpha value is -2.82. The van der Waals surface area contributed by atoms with Crippen molar-refractivity contribution in [3.05, 3.63) is 60.4 Å². The van der Waals surface area contributed by atoms with E-state index in [0.717, 1.165) is 11.0 Å². The third kappa shape index (κ3) is 1.94. The molecular weight excluding hydrogens is 269 g/mol. The van der Waals surface area contributed by atoms with Gasteiger partial charge in [0.15, 0.2) is 5.58 Å². The van der Waals surface area contributed by atoms with Gasteiger partial charge in [0.25, 0.3) is 0 Å². The molecule has 0 aliphatic rings. The van der Waals surface area contributed by atoms with Crippen molar-refractivity contribution in [3.8, 4) is 0 Å². The number of fused-ring (bicyclic) bond motifs is 2. The summed E-state index contributed by atoms with van der Waals surface area (Å²) >= 11 is 0. The van der Waals surface area contributed by atoms with Crippen molar-refractivity contribution >= 4 is 27.7 Å². The summed E-state index contributed by atoms with van der Waals surface area (Å²) in [5.74, 6) is 0.342. The van der Waals surface area contributed by atoms with E-state index in [1.54, 1.807) is 24.3 Å². The summed E-state index contributed by atoms with van der Waals surface area (Å²) in [5, 5.41) is 0.595. The number of anilines is 1. The molecule has 0 bridgehead atoms. The molecule has 0 saturated carbocycles. The number of nitrogens with zero attached hydrogens (tertiary/aromatic N) is 2. The molecule has 2 aromatic heterocycles. The quantitative estimate of drug-likeness (QED) is 0.572. The van der Waals surface area contributed by atoms with Crippen LogP contribution in [0.25, 0.3) is 22.0 Å². The second-order valence-corrected chi connectivity index (χ2v) is 4.95. The molecule has 2 N–H and O–H groups in total. The lowest BCUT2D eigenvalue weighted by atomic mass is 10.2. The van der Waals surface area contributed by atoms with Crippen molar-refractivity contribution in [2.24, 2.45) is 0 Å². The summed E-state index contributed by atoms with van der Waals surface area (Å²) in [7, 11) is 0. The fourth-order valence-corrected chi connectivity index (χ4v) is 2.53. The van der Waals surface area contributed by atoms with Gasteiger partial charge in [-0.25, -0.2) is 9.37 Å². The van der Waals surface area contributed by atoms with Gasteiger partial charge in [0.05, 0.1) is 12.1 Å². The van der Waals surface area contributed by atoms with Crippen LogP contribution < -0.4 is 5.73 Å². The maximum Gasteiger partial charge on any atom is 0.215 e. The van der Waals surface area contributed by atoms with Gasteiger partial charge in [-0.05, 0) is 30.3 Å². The summed E-state index contributed by atoms with van der Waals surface area (Å²) in [5.41, 5.74) is 8.61. The number of aromatic nitrogens is 2. The summed E-state index contributed by atoms with van der Waals surface area (Å²) in [6.07, 6.45) is 1.83. The molecule has 4 nitrogen and oxygen atoms in total. The average molecular weight is 281 g/mol. The van der Waals surface area contributed by atoms with Crippen LogP contribution in [0.1, 0.15) is 5.89 Å². The zero-order valence-corrected chi connectivity index (χ0v) is 11.1. The van der Waals surface area contributed by atoms with E-state index in [4.69, 9.17) is 10.2 Å². The van der Waals surface area contributed by atoms with Crippen molar-refractivity contribution in [1.29, 1.82) is 0 Å². The SMILES string of the molecule is Nc1ccc2nc(Cn3ccc4c(F)cccc43)oc2c1. The van der Waals surface area contributed by atoms with Crippen molar-refractivity contribution in [3.63, 3.8) is 0 Å². The van der Waals surface area contributed by atoms with Gasteiger partial charge in [0.1, 0.15) is 11.3 Å². The smallest absolute Gasteiger partial charge is 0.215 e. The van der Waals surface area contributed by atoms with Crippen LogP contribution in [0.4, 0.5) is 10.1 Å². The number of benzene rings is 2. The Kier molecular flexibility index (Phi) is 2.47. The standard InChI is InChI=1S/C16H12FN3O/c17-12-2-1-3-14-11(12)6-7-20(14)9-16-19-13-5-4-10(18)8-15(13)21-16/h1-8H,9,18H2. The highest BCUT2D eigenvalue weighted by Gasteiger charge is 2.10. The first kappa shape index (κ1) is 12.0. The zero-order chi connectivity index (χ0) is 14.4. The lowest BCUT2D eigenvalue weighted by Crippen LogP contribution is -1.97. The van der Waals surface area contributed by atoms with E-state index < -0.39 is 0 Å². The fourth-order valence-electron chi connectivity index (χ4n) is 2.53. The van der Waals surface area contributed by atoms with Crippen LogP contribution in [-0.2, 0) is 6.54 Å². The molecule has 0 fully saturated rings. The number of hydrogen-bond donors (Lipinski definition) is 1. The lowest BCUT2D eigenvalue weighted by molar-refractivity contribution is 0.513. The molecule has 5 heteroatoms. The molecule has 0 saturated heterocycles. The van der Waals surface area contributed by atoms with Gasteiger partial charge < -0.3 is 14.7 Å². The molecule has 4 aromatic rings. The molecule has 0 spiro atoms. The molecule has 0 aliphatic carbocycles. The molecular formula is C16H12FN3O. The molecule has 0 atom stereocenters. The predicted octanol–water partition coefficient (Wildman–Crippen LogP) is 3.55. The molecule has 4 rings (SSSR count). The highest BCUT2D eigenvalue weighted by atomic mass is 19.1. The number of nitrogens with two attached hydrogens (primary N) is 1. The number of oxazole rings is 1. The summed E-state index contributed by atoms with van der Waals surface area (Å²) in [6, 6.07) is 12.1. The zero-order valence-electron chi connectivity index (χ0n) is 11.1. The minimum atomic E-state index is -0.225. The second-order valence-electron chi connectivity index (χ2n) is 4.95. The second kappa shape index (κ2) is 4.34. The van der Waals surface area contributed by atoms with Crippen molar-refractivity contribution in [1.82, 2.24) is 9.55 Å². The van der Waals surface area contributed by atoms with Crippen LogP contribution in [0, 0.1) is 5.82 Å². The minimum Gasteiger partial charge on any atom is -0.439 e. The summed E-state index contributed by atoms with van der Waals surface area (Å²) in [4.78, 5) is 4.42. The Morgan fingerprint density at radius 3 is 3.00 bits per heavy atom. The Balaban J connectivity index is 1.77. The van der Waals surface area contributed by atoms with E-state index in [2.05, 4.69) is 4.98 Å². The monoisotopic (exact) mass is 281 g/mol. The first-order chi connectivity index (χ1) is 10.2. The van der Waals surface area contributed by atoms with E-state index in [1.165, 1.54) is 6.07 Å². The van der Waals surface area contributed by atoms with Crippen LogP contribution >= 0.6 is 0 Å². The normalized spacial score (nSPS) is 11.5. The highest BCUT2D eigenvalue weighted by Crippen LogP contribution is 2.22. The van der Waals surface area contributed by atoms with Crippen LogP contribution in [0.5, 0.6) is 0 Å². The minimum absolute atomic E-state index is 0.225. The Labute approximate surface area is 119 Å². The molecule has 104 valence electrons. The lowest BCUT2D eigenvalue weighted by Gasteiger charge is -2.01. The maximum absolute atomic E-state index is 13.7. The van der Waals surface area contributed by atoms with E-state index in [-0.39, 0.29) is 5.82 Å². The molecule has 0 unspecified atom stereocenters. The third-order valence-electron chi connectivity index (χ3n) is 3.52. The summed E-state index contributed by atoms with van der Waals surface area (Å²) < 4.78 is 21.3. The van der Waals surface area contributed by atoms with Crippen molar-refractivity contribution in [2.45, 2.75) is 6.54 Å². The number of rotatable bonds is 2. The van der Waals surface area contributed by atoms with Crippen LogP contribution in [-0.4, -0.2) is 9.55 Å². The van der Waals surface area contributed by atoms with E-state index in [1.807, 2.05) is 22.9 Å². The molecule has 0 aliphatic heterocycles. The fraction of sp³-hybridized carbons (Fsp3) is 0.0625.